The third kappa shape index (κ3) is 4.95. The summed E-state index contributed by atoms with van der Waals surface area (Å²) in [4.78, 5) is 0. The van der Waals surface area contributed by atoms with Crippen LogP contribution in [0, 0.1) is 0 Å². The summed E-state index contributed by atoms with van der Waals surface area (Å²) >= 11 is 0. The summed E-state index contributed by atoms with van der Waals surface area (Å²) in [6.07, 6.45) is -10.0. The van der Waals surface area contributed by atoms with Crippen molar-refractivity contribution >= 4 is 10.0 Å². The Labute approximate surface area is 150 Å². The van der Waals surface area contributed by atoms with Gasteiger partial charge in [-0.15, -0.1) is 0 Å². The lowest BCUT2D eigenvalue weighted by Crippen LogP contribution is -2.21. The molecule has 150 valence electrons. The summed E-state index contributed by atoms with van der Waals surface area (Å²) in [6.45, 7) is -0.568. The number of nitrogens with zero attached hydrogens (tertiary/aromatic N) is 1. The first-order chi connectivity index (χ1) is 12.2. The van der Waals surface area contributed by atoms with Crippen LogP contribution in [-0.4, -0.2) is 26.8 Å². The summed E-state index contributed by atoms with van der Waals surface area (Å²) < 4.78 is 111. The lowest BCUT2D eigenvalue weighted by molar-refractivity contribution is -0.143. The Kier molecular flexibility index (Phi) is 5.53. The fourth-order valence-electron chi connectivity index (χ4n) is 1.92. The quantitative estimate of drug-likeness (QED) is 0.686. The van der Waals surface area contributed by atoms with E-state index < -0.39 is 51.0 Å². The first kappa shape index (κ1) is 21.1. The molecule has 0 bridgehead atoms. The van der Waals surface area contributed by atoms with Crippen LogP contribution in [0.25, 0.3) is 0 Å². The van der Waals surface area contributed by atoms with Crippen LogP contribution in [0.5, 0.6) is 5.75 Å². The summed E-state index contributed by atoms with van der Waals surface area (Å²) in [5, 5.41) is -0.439. The van der Waals surface area contributed by atoms with Crippen LogP contribution in [0.15, 0.2) is 39.8 Å². The van der Waals surface area contributed by atoms with E-state index in [0.29, 0.717) is 12.1 Å². The van der Waals surface area contributed by atoms with Gasteiger partial charge < -0.3 is 9.15 Å². The molecule has 27 heavy (non-hydrogen) atoms. The van der Waals surface area contributed by atoms with Gasteiger partial charge in [0.15, 0.2) is 0 Å². The number of halogens is 6. The molecule has 0 saturated heterocycles. The molecule has 0 aliphatic carbocycles. The molecule has 0 amide bonds. The van der Waals surface area contributed by atoms with Crippen LogP contribution in [0.4, 0.5) is 26.3 Å². The highest BCUT2D eigenvalue weighted by Gasteiger charge is 2.37. The van der Waals surface area contributed by atoms with Gasteiger partial charge in [0.25, 0.3) is 10.0 Å². The smallest absolute Gasteiger partial charge is 0.416 e. The summed E-state index contributed by atoms with van der Waals surface area (Å²) in [6, 6.07) is 3.09. The zero-order valence-electron chi connectivity index (χ0n) is 13.9. The molecule has 2 rings (SSSR count). The molecule has 0 radical (unpaired) electrons. The van der Waals surface area contributed by atoms with E-state index in [1.54, 1.807) is 0 Å². The zero-order chi connectivity index (χ0) is 20.6. The van der Waals surface area contributed by atoms with Gasteiger partial charge in [0.05, 0.1) is 11.1 Å². The van der Waals surface area contributed by atoms with Crippen molar-refractivity contribution in [2.45, 2.75) is 24.1 Å². The highest BCUT2D eigenvalue weighted by Crippen LogP contribution is 2.38. The highest BCUT2D eigenvalue weighted by molar-refractivity contribution is 7.88. The van der Waals surface area contributed by atoms with Gasteiger partial charge in [0.2, 0.25) is 5.09 Å². The van der Waals surface area contributed by atoms with Crippen LogP contribution in [0.1, 0.15) is 16.9 Å². The molecule has 0 unspecified atom stereocenters. The predicted molar refractivity (Wildman–Crippen MR) is 80.4 cm³/mol. The number of furan rings is 1. The van der Waals surface area contributed by atoms with Crippen molar-refractivity contribution < 1.29 is 43.9 Å². The molecular formula is C15H13F6NO4S. The van der Waals surface area contributed by atoms with E-state index in [4.69, 9.17) is 9.15 Å². The maximum Gasteiger partial charge on any atom is 0.416 e. The molecular weight excluding hydrogens is 404 g/mol. The van der Waals surface area contributed by atoms with E-state index in [9.17, 15) is 34.8 Å². The monoisotopic (exact) mass is 417 g/mol. The lowest BCUT2D eigenvalue weighted by Gasteiger charge is -2.14. The molecule has 0 saturated carbocycles. The van der Waals surface area contributed by atoms with Crippen molar-refractivity contribution in [3.05, 3.63) is 47.2 Å². The van der Waals surface area contributed by atoms with Crippen LogP contribution in [-0.2, 0) is 29.0 Å². The second-order valence-corrected chi connectivity index (χ2v) is 7.62. The zero-order valence-corrected chi connectivity index (χ0v) is 14.7. The molecule has 1 heterocycles. The van der Waals surface area contributed by atoms with Crippen LogP contribution < -0.4 is 4.74 Å². The predicted octanol–water partition coefficient (Wildman–Crippen LogP) is 4.15. The number of hydrogen-bond acceptors (Lipinski definition) is 4. The van der Waals surface area contributed by atoms with Crippen molar-refractivity contribution in [1.82, 2.24) is 4.31 Å². The number of ether oxygens (including phenoxy) is 1. The Morgan fingerprint density at radius 3 is 1.93 bits per heavy atom. The summed E-state index contributed by atoms with van der Waals surface area (Å²) in [7, 11) is -1.36. The van der Waals surface area contributed by atoms with E-state index >= 15 is 0 Å². The van der Waals surface area contributed by atoms with E-state index in [0.717, 1.165) is 10.4 Å². The largest absolute Gasteiger partial charge is 0.486 e. The van der Waals surface area contributed by atoms with Gasteiger partial charge in [0, 0.05) is 14.1 Å². The molecule has 0 N–H and O–H groups in total. The number of alkyl halides is 6. The molecule has 5 nitrogen and oxygen atoms in total. The second kappa shape index (κ2) is 7.08. The second-order valence-electron chi connectivity index (χ2n) is 5.54. The molecule has 0 spiro atoms. The number of sulfonamides is 1. The molecule has 0 aliphatic rings. The topological polar surface area (TPSA) is 59.8 Å². The van der Waals surface area contributed by atoms with Gasteiger partial charge in [-0.25, -0.2) is 12.7 Å². The van der Waals surface area contributed by atoms with Crippen LogP contribution in [0.2, 0.25) is 0 Å². The van der Waals surface area contributed by atoms with Crippen molar-refractivity contribution in [3.8, 4) is 5.75 Å². The Morgan fingerprint density at radius 2 is 1.48 bits per heavy atom. The first-order valence-corrected chi connectivity index (χ1v) is 8.59. The normalized spacial score (nSPS) is 13.2. The SMILES string of the molecule is CN(C)S(=O)(=O)c1ccc(COc2cc(C(F)(F)F)cc(C(F)(F)F)c2)o1. The van der Waals surface area contributed by atoms with E-state index in [2.05, 4.69) is 0 Å². The highest BCUT2D eigenvalue weighted by atomic mass is 32.2. The first-order valence-electron chi connectivity index (χ1n) is 7.15. The molecule has 1 aromatic carbocycles. The molecule has 1 aromatic heterocycles. The third-order valence-corrected chi connectivity index (χ3v) is 5.00. The fraction of sp³-hybridized carbons (Fsp3) is 0.333. The average molecular weight is 417 g/mol. The van der Waals surface area contributed by atoms with Crippen molar-refractivity contribution in [2.24, 2.45) is 0 Å². The maximum absolute atomic E-state index is 12.8. The summed E-state index contributed by atoms with van der Waals surface area (Å²) in [5.74, 6) is -0.785. The van der Waals surface area contributed by atoms with Crippen molar-refractivity contribution in [1.29, 1.82) is 0 Å². The molecule has 12 heteroatoms. The molecule has 0 fully saturated rings. The van der Waals surface area contributed by atoms with E-state index in [1.165, 1.54) is 20.2 Å². The third-order valence-electron chi connectivity index (χ3n) is 3.31. The van der Waals surface area contributed by atoms with Crippen molar-refractivity contribution in [2.75, 3.05) is 14.1 Å². The summed E-state index contributed by atoms with van der Waals surface area (Å²) in [5.41, 5.74) is -3.05. The maximum atomic E-state index is 12.8. The standard InChI is InChI=1S/C15H13F6NO4S/c1-22(2)27(23,24)13-4-3-11(26-13)8-25-12-6-9(14(16,17)18)5-10(7-12)15(19,20)21/h3-7H,8H2,1-2H3. The Hall–Kier alpha value is -2.21. The molecule has 0 aliphatic heterocycles. The lowest BCUT2D eigenvalue weighted by atomic mass is 10.1. The minimum absolute atomic E-state index is 0.0263. The minimum atomic E-state index is -5.00. The minimum Gasteiger partial charge on any atom is -0.486 e. The number of rotatable bonds is 5. The molecule has 0 atom stereocenters. The van der Waals surface area contributed by atoms with E-state index in [1.807, 2.05) is 0 Å². The Morgan fingerprint density at radius 1 is 0.963 bits per heavy atom. The van der Waals surface area contributed by atoms with Crippen LogP contribution >= 0.6 is 0 Å². The Bertz CT molecular complexity index is 883. The van der Waals surface area contributed by atoms with Crippen molar-refractivity contribution in [3.63, 3.8) is 0 Å². The number of hydrogen-bond donors (Lipinski definition) is 0. The van der Waals surface area contributed by atoms with Gasteiger partial charge in [0.1, 0.15) is 18.1 Å². The van der Waals surface area contributed by atoms with Gasteiger partial charge in [-0.1, -0.05) is 0 Å². The van der Waals surface area contributed by atoms with Gasteiger partial charge in [-0.3, -0.25) is 0 Å². The van der Waals surface area contributed by atoms with Gasteiger partial charge >= 0.3 is 12.4 Å². The van der Waals surface area contributed by atoms with E-state index in [-0.39, 0.29) is 11.8 Å². The van der Waals surface area contributed by atoms with Crippen LogP contribution in [0.3, 0.4) is 0 Å². The number of benzene rings is 1. The Balaban J connectivity index is 2.27. The fourth-order valence-corrected chi connectivity index (χ4v) is 2.73. The average Bonchev–Trinajstić information content (AvgIpc) is 3.00. The van der Waals surface area contributed by atoms with Gasteiger partial charge in [-0.05, 0) is 30.3 Å². The van der Waals surface area contributed by atoms with Gasteiger partial charge in [-0.2, -0.15) is 26.3 Å². The molecule has 2 aromatic rings.